The Labute approximate surface area is 528 Å². The summed E-state index contributed by atoms with van der Waals surface area (Å²) in [7, 11) is 2.02. The van der Waals surface area contributed by atoms with Gasteiger partial charge in [0.1, 0.15) is 35.9 Å². The summed E-state index contributed by atoms with van der Waals surface area (Å²) in [6.07, 6.45) is 8.32. The maximum atomic E-state index is 18.3. The van der Waals surface area contributed by atoms with Crippen LogP contribution < -0.4 is 19.3 Å². The van der Waals surface area contributed by atoms with Gasteiger partial charge >= 0.3 is 12.0 Å². The summed E-state index contributed by atoms with van der Waals surface area (Å²) < 4.78 is 77.9. The number of likely N-dealkylation sites (N-methyl/N-ethyl adjacent to an activating group) is 1. The van der Waals surface area contributed by atoms with Crippen molar-refractivity contribution in [3.05, 3.63) is 117 Å². The number of hydrogen-bond acceptors (Lipinski definition) is 14. The van der Waals surface area contributed by atoms with Crippen molar-refractivity contribution in [2.45, 2.75) is 112 Å². The molecule has 5 saturated heterocycles. The zero-order valence-corrected chi connectivity index (χ0v) is 51.4. The van der Waals surface area contributed by atoms with Crippen molar-refractivity contribution in [3.63, 3.8) is 0 Å². The standard InChI is InChI=1S/C68H66Cl2F4N12O4/c1-35(71)64(87)85-19-17-82(31-43(85)9-13-75)62-50-28-52(69)56(46-8-4-7-37-21-39-26-47(39)54(37)46)58(73)60(50)77-66(79-62)89-33-45-24-42(30-81(45)3)38-22-41-23-40-27-48(40)55(41)49(25-38)57-53(70)29-51-61(59(57)74)78-67(90-34-68-11-5-15-84(68)16-6-12-68)80-63(51)83-18-20-86(65(88)36(2)72)44(32-83)10-14-76/h4,7-8,22,25,28-29,39-40,42-45,47-48H,1-2,5-6,9-12,15-21,23-24,26-27,30-34H2,3H3/t39?,40?,42?,43-,44-,45-,47?,48?/m0/s1. The molecule has 9 aliphatic rings. The van der Waals surface area contributed by atoms with Gasteiger partial charge in [-0.05, 0) is 159 Å². The number of fused-ring (bicyclic) bond motifs is 9. The predicted octanol–water partition coefficient (Wildman–Crippen LogP) is 11.5. The molecular formula is C68H66Cl2F4N12O4. The Bertz CT molecular complexity index is 4150. The zero-order chi connectivity index (χ0) is 62.2. The highest BCUT2D eigenvalue weighted by Crippen LogP contribution is 2.61. The van der Waals surface area contributed by atoms with E-state index in [2.05, 4.69) is 53.3 Å². The number of benzene rings is 4. The second kappa shape index (κ2) is 22.6. The molecule has 6 aromatic rings. The Morgan fingerprint density at radius 2 is 1.22 bits per heavy atom. The van der Waals surface area contributed by atoms with Crippen LogP contribution in [0.3, 0.4) is 0 Å². The van der Waals surface area contributed by atoms with Gasteiger partial charge in [-0.25, -0.2) is 17.6 Å². The molecule has 7 fully saturated rings. The van der Waals surface area contributed by atoms with E-state index in [0.717, 1.165) is 92.3 Å². The summed E-state index contributed by atoms with van der Waals surface area (Å²) in [5.74, 6) is -3.07. The quantitative estimate of drug-likeness (QED) is 0.0702. The number of carbonyl (C=O) groups excluding carboxylic acids is 2. The van der Waals surface area contributed by atoms with Gasteiger partial charge in [0, 0.05) is 73.8 Å². The molecule has 0 N–H and O–H groups in total. The highest BCUT2D eigenvalue weighted by molar-refractivity contribution is 6.35. The second-order valence-corrected chi connectivity index (χ2v) is 27.3. The smallest absolute Gasteiger partial charge is 0.319 e. The number of ether oxygens (including phenoxy) is 2. The van der Waals surface area contributed by atoms with Gasteiger partial charge < -0.3 is 29.1 Å². The van der Waals surface area contributed by atoms with Gasteiger partial charge in [-0.15, -0.1) is 0 Å². The molecule has 7 heterocycles. The van der Waals surface area contributed by atoms with Gasteiger partial charge in [-0.2, -0.15) is 30.5 Å². The molecule has 5 aliphatic heterocycles. The van der Waals surface area contributed by atoms with Crippen LogP contribution in [-0.4, -0.2) is 154 Å². The van der Waals surface area contributed by atoms with Crippen LogP contribution in [0.1, 0.15) is 103 Å². The third-order valence-electron chi connectivity index (χ3n) is 21.3. The minimum Gasteiger partial charge on any atom is -0.462 e. The third kappa shape index (κ3) is 9.97. The topological polar surface area (TPSA) is 171 Å². The van der Waals surface area contributed by atoms with E-state index in [9.17, 15) is 28.9 Å². The number of anilines is 2. The van der Waals surface area contributed by atoms with E-state index in [1.54, 1.807) is 12.1 Å². The van der Waals surface area contributed by atoms with Crippen LogP contribution in [0.15, 0.2) is 67.3 Å². The Morgan fingerprint density at radius 3 is 1.79 bits per heavy atom. The predicted molar refractivity (Wildman–Crippen MR) is 333 cm³/mol. The van der Waals surface area contributed by atoms with E-state index >= 15 is 8.78 Å². The van der Waals surface area contributed by atoms with E-state index in [4.69, 9.17) is 52.6 Å². The maximum absolute atomic E-state index is 18.3. The summed E-state index contributed by atoms with van der Waals surface area (Å²) >= 11 is 14.6. The number of aromatic nitrogens is 4. The van der Waals surface area contributed by atoms with Gasteiger partial charge in [0.15, 0.2) is 23.3 Å². The molecule has 2 saturated carbocycles. The minimum atomic E-state index is -1.13. The van der Waals surface area contributed by atoms with Crippen LogP contribution in [0.5, 0.6) is 12.0 Å². The Kier molecular flexibility index (Phi) is 14.8. The van der Waals surface area contributed by atoms with Gasteiger partial charge in [0.05, 0.1) is 52.6 Å². The maximum Gasteiger partial charge on any atom is 0.319 e. The van der Waals surface area contributed by atoms with Crippen molar-refractivity contribution in [3.8, 4) is 46.4 Å². The van der Waals surface area contributed by atoms with Crippen LogP contribution in [0, 0.1) is 46.1 Å². The van der Waals surface area contributed by atoms with E-state index < -0.39 is 47.2 Å². The van der Waals surface area contributed by atoms with E-state index in [1.165, 1.54) is 15.4 Å². The highest BCUT2D eigenvalue weighted by Gasteiger charge is 2.50. The summed E-state index contributed by atoms with van der Waals surface area (Å²) in [4.78, 5) is 56.5. The molecule has 16 nitrogen and oxygen atoms in total. The van der Waals surface area contributed by atoms with Gasteiger partial charge in [0.2, 0.25) is 0 Å². The number of halogens is 6. The average molecular weight is 1260 g/mol. The molecule has 4 aliphatic carbocycles. The minimum absolute atomic E-state index is 0.00304. The first-order valence-corrected chi connectivity index (χ1v) is 32.2. The fraction of sp³-hybridized carbons (Fsp3) is 0.471. The summed E-state index contributed by atoms with van der Waals surface area (Å²) in [6.45, 7) is 10.1. The molecule has 90 heavy (non-hydrogen) atoms. The molecule has 0 spiro atoms. The molecule has 5 unspecified atom stereocenters. The number of likely N-dealkylation sites (tertiary alicyclic amines) is 1. The second-order valence-electron chi connectivity index (χ2n) is 26.5. The van der Waals surface area contributed by atoms with Crippen molar-refractivity contribution in [1.29, 1.82) is 10.5 Å². The lowest BCUT2D eigenvalue weighted by Crippen LogP contribution is -2.55. The fourth-order valence-corrected chi connectivity index (χ4v) is 17.3. The van der Waals surface area contributed by atoms with Crippen molar-refractivity contribution >= 4 is 68.5 Å². The number of amides is 2. The SMILES string of the molecule is C=C(F)C(=O)N1CCN(c2nc(OC[C@@H]3CC(c4cc5c(c(-c6c(Cl)cc7c(N8CCN(C(=O)C(=C)F)[C@@H](CC#N)C8)nc(OCC89CCCN8CCC9)nc7c6F)c4)C4CC4C5)CN3C)nc3c(F)c(-c4cccc5c4C4CC4C5)c(Cl)cc23)C[C@@H]1CC#N. The first-order chi connectivity index (χ1) is 43.5. The average Bonchev–Trinajstić information content (AvgIpc) is 1.50. The molecule has 0 bridgehead atoms. The van der Waals surface area contributed by atoms with Gasteiger partial charge in [-0.3, -0.25) is 19.4 Å². The molecule has 0 radical (unpaired) electrons. The Hall–Kier alpha value is -7.62. The molecule has 22 heteroatoms. The number of rotatable bonds is 15. The number of nitriles is 2. The van der Waals surface area contributed by atoms with E-state index in [1.807, 2.05) is 29.0 Å². The molecular weight excluding hydrogens is 1200 g/mol. The monoisotopic (exact) mass is 1260 g/mol. The summed E-state index contributed by atoms with van der Waals surface area (Å²) in [5.41, 5.74) is 7.39. The van der Waals surface area contributed by atoms with Crippen molar-refractivity contribution in [2.24, 2.45) is 11.8 Å². The third-order valence-corrected chi connectivity index (χ3v) is 21.9. The Balaban J connectivity index is 0.756. The van der Waals surface area contributed by atoms with Gasteiger partial charge in [0.25, 0.3) is 11.8 Å². The molecule has 4 aromatic carbocycles. The van der Waals surface area contributed by atoms with Crippen LogP contribution in [0.4, 0.5) is 29.2 Å². The molecule has 8 atom stereocenters. The number of carbonyl (C=O) groups is 2. The lowest BCUT2D eigenvalue weighted by molar-refractivity contribution is -0.132. The molecule has 464 valence electrons. The molecule has 2 aromatic heterocycles. The van der Waals surface area contributed by atoms with Crippen LogP contribution >= 0.6 is 23.2 Å². The van der Waals surface area contributed by atoms with Crippen LogP contribution in [-0.2, 0) is 22.4 Å². The molecule has 2 amide bonds. The van der Waals surface area contributed by atoms with E-state index in [0.29, 0.717) is 65.3 Å². The fourth-order valence-electron chi connectivity index (χ4n) is 16.7. The van der Waals surface area contributed by atoms with Crippen LogP contribution in [0.25, 0.3) is 44.1 Å². The first kappa shape index (κ1) is 58.7. The number of nitrogens with zero attached hydrogens (tertiary/aromatic N) is 12. The number of piperazine rings is 2. The molecule has 15 rings (SSSR count). The summed E-state index contributed by atoms with van der Waals surface area (Å²) in [5, 5.41) is 20.7. The number of hydrogen-bond donors (Lipinski definition) is 0. The zero-order valence-electron chi connectivity index (χ0n) is 49.9. The van der Waals surface area contributed by atoms with Crippen molar-refractivity contribution in [1.82, 2.24) is 39.5 Å². The lowest BCUT2D eigenvalue weighted by atomic mass is 9.86. The van der Waals surface area contributed by atoms with Gasteiger partial charge in [-0.1, -0.05) is 66.7 Å². The first-order valence-electron chi connectivity index (χ1n) is 31.4. The van der Waals surface area contributed by atoms with Crippen LogP contribution in [0.2, 0.25) is 10.0 Å². The van der Waals surface area contributed by atoms with Crippen molar-refractivity contribution < 1.29 is 36.6 Å². The largest absolute Gasteiger partial charge is 0.462 e. The normalized spacial score (nSPS) is 25.4. The lowest BCUT2D eigenvalue weighted by Gasteiger charge is -2.41. The highest BCUT2D eigenvalue weighted by atomic mass is 35.5. The van der Waals surface area contributed by atoms with Crippen molar-refractivity contribution in [2.75, 3.05) is 89.0 Å². The van der Waals surface area contributed by atoms with E-state index in [-0.39, 0.29) is 126 Å². The summed E-state index contributed by atoms with van der Waals surface area (Å²) in [6, 6.07) is 16.3. The Morgan fingerprint density at radius 1 is 0.678 bits per heavy atom.